The van der Waals surface area contributed by atoms with Crippen LogP contribution in [0.15, 0.2) is 15.7 Å². The van der Waals surface area contributed by atoms with Crippen LogP contribution in [-0.2, 0) is 23.0 Å². The van der Waals surface area contributed by atoms with Crippen molar-refractivity contribution in [3.05, 3.63) is 22.5 Å². The van der Waals surface area contributed by atoms with Crippen molar-refractivity contribution in [1.29, 1.82) is 0 Å². The van der Waals surface area contributed by atoms with E-state index in [0.717, 1.165) is 15.7 Å². The van der Waals surface area contributed by atoms with Gasteiger partial charge in [0.25, 0.3) is 0 Å². The Morgan fingerprint density at radius 2 is 2.19 bits per heavy atom. The molecule has 7 nitrogen and oxygen atoms in total. The number of nitrogens with zero attached hydrogens (tertiary/aromatic N) is 4. The van der Waals surface area contributed by atoms with Gasteiger partial charge in [0.05, 0.1) is 12.2 Å². The molecule has 0 amide bonds. The Hall–Kier alpha value is -1.45. The number of aromatic nitrogens is 2. The van der Waals surface area contributed by atoms with E-state index < -0.39 is 10.0 Å². The van der Waals surface area contributed by atoms with E-state index in [-0.39, 0.29) is 4.90 Å². The molecule has 21 heavy (non-hydrogen) atoms. The minimum Gasteiger partial charge on any atom is -0.363 e. The van der Waals surface area contributed by atoms with Crippen LogP contribution < -0.4 is 4.90 Å². The first kappa shape index (κ1) is 14.5. The second-order valence-electron chi connectivity index (χ2n) is 5.11. The predicted molar refractivity (Wildman–Crippen MR) is 79.0 cm³/mol. The molecule has 0 aromatic carbocycles. The lowest BCUT2D eigenvalue weighted by molar-refractivity contribution is 0.390. The van der Waals surface area contributed by atoms with Crippen LogP contribution >= 0.6 is 11.3 Å². The summed E-state index contributed by atoms with van der Waals surface area (Å²) in [6.07, 6.45) is 1.82. The average molecular weight is 328 g/mol. The maximum atomic E-state index is 12.6. The summed E-state index contributed by atoms with van der Waals surface area (Å²) in [5, 5.41) is 4.56. The van der Waals surface area contributed by atoms with Crippen LogP contribution in [0.1, 0.15) is 16.3 Å². The number of hydrogen-bond donors (Lipinski definition) is 0. The second-order valence-corrected chi connectivity index (χ2v) is 8.08. The Bertz CT molecular complexity index is 763. The van der Waals surface area contributed by atoms with Gasteiger partial charge in [-0.2, -0.15) is 4.31 Å². The number of sulfonamides is 1. The molecule has 0 radical (unpaired) electrons. The standard InChI is InChI=1S/C12H16N4O3S2/c1-8-11(7-19-14-8)21(17,18)16-5-4-9-10(6-16)20-12(13-9)15(2)3/h7H,4-6H2,1-3H3. The van der Waals surface area contributed by atoms with Crippen molar-refractivity contribution in [1.82, 2.24) is 14.4 Å². The molecule has 0 aliphatic carbocycles. The quantitative estimate of drug-likeness (QED) is 0.844. The highest BCUT2D eigenvalue weighted by molar-refractivity contribution is 7.89. The molecule has 1 aliphatic rings. The average Bonchev–Trinajstić information content (AvgIpc) is 3.03. The molecular weight excluding hydrogens is 312 g/mol. The zero-order chi connectivity index (χ0) is 15.2. The summed E-state index contributed by atoms with van der Waals surface area (Å²) in [5.74, 6) is 0. The number of fused-ring (bicyclic) bond motifs is 1. The third-order valence-electron chi connectivity index (χ3n) is 3.39. The van der Waals surface area contributed by atoms with Crippen molar-refractivity contribution in [2.45, 2.75) is 24.8 Å². The molecule has 1 aliphatic heterocycles. The van der Waals surface area contributed by atoms with Gasteiger partial charge in [0.2, 0.25) is 10.0 Å². The van der Waals surface area contributed by atoms with Gasteiger partial charge in [0.1, 0.15) is 16.9 Å². The van der Waals surface area contributed by atoms with Gasteiger partial charge in [-0.1, -0.05) is 5.16 Å². The summed E-state index contributed by atoms with van der Waals surface area (Å²) >= 11 is 1.53. The van der Waals surface area contributed by atoms with E-state index in [1.54, 1.807) is 6.92 Å². The van der Waals surface area contributed by atoms with E-state index in [1.165, 1.54) is 21.9 Å². The van der Waals surface area contributed by atoms with Crippen molar-refractivity contribution in [2.75, 3.05) is 25.5 Å². The summed E-state index contributed by atoms with van der Waals surface area (Å²) in [7, 11) is 0.299. The first-order valence-corrected chi connectivity index (χ1v) is 8.72. The maximum Gasteiger partial charge on any atom is 0.248 e. The van der Waals surface area contributed by atoms with E-state index in [0.29, 0.717) is 25.2 Å². The summed E-state index contributed by atoms with van der Waals surface area (Å²) in [4.78, 5) is 7.62. The zero-order valence-electron chi connectivity index (χ0n) is 12.0. The lowest BCUT2D eigenvalue weighted by Crippen LogP contribution is -2.35. The molecule has 2 aromatic rings. The fourth-order valence-electron chi connectivity index (χ4n) is 2.22. The molecule has 0 unspecified atom stereocenters. The normalized spacial score (nSPS) is 16.0. The third-order valence-corrected chi connectivity index (χ3v) is 6.58. The van der Waals surface area contributed by atoms with Crippen molar-refractivity contribution < 1.29 is 12.9 Å². The number of anilines is 1. The molecular formula is C12H16N4O3S2. The minimum atomic E-state index is -3.56. The van der Waals surface area contributed by atoms with E-state index >= 15 is 0 Å². The van der Waals surface area contributed by atoms with E-state index in [9.17, 15) is 8.42 Å². The van der Waals surface area contributed by atoms with Gasteiger partial charge in [-0.3, -0.25) is 0 Å². The highest BCUT2D eigenvalue weighted by atomic mass is 32.2. The molecule has 0 atom stereocenters. The third kappa shape index (κ3) is 2.45. The Morgan fingerprint density at radius 1 is 1.43 bits per heavy atom. The predicted octanol–water partition coefficient (Wildman–Crippen LogP) is 1.25. The van der Waals surface area contributed by atoms with Crippen molar-refractivity contribution in [2.24, 2.45) is 0 Å². The molecule has 9 heteroatoms. The van der Waals surface area contributed by atoms with E-state index in [4.69, 9.17) is 4.52 Å². The zero-order valence-corrected chi connectivity index (χ0v) is 13.7. The van der Waals surface area contributed by atoms with Crippen molar-refractivity contribution >= 4 is 26.5 Å². The van der Waals surface area contributed by atoms with Crippen molar-refractivity contribution in [3.8, 4) is 0 Å². The number of aryl methyl sites for hydroxylation is 1. The van der Waals surface area contributed by atoms with E-state index in [1.807, 2.05) is 19.0 Å². The first-order valence-electron chi connectivity index (χ1n) is 6.46. The van der Waals surface area contributed by atoms with Gasteiger partial charge >= 0.3 is 0 Å². The Balaban J connectivity index is 1.91. The van der Waals surface area contributed by atoms with Crippen LogP contribution in [0.4, 0.5) is 5.13 Å². The molecule has 0 bridgehead atoms. The minimum absolute atomic E-state index is 0.142. The molecule has 2 aromatic heterocycles. The topological polar surface area (TPSA) is 79.5 Å². The Labute approximate surface area is 127 Å². The van der Waals surface area contributed by atoms with Gasteiger partial charge in [-0.15, -0.1) is 11.3 Å². The molecule has 0 spiro atoms. The Morgan fingerprint density at radius 3 is 2.81 bits per heavy atom. The van der Waals surface area contributed by atoms with Gasteiger partial charge in [0.15, 0.2) is 5.13 Å². The fourth-order valence-corrected chi connectivity index (χ4v) is 4.84. The molecule has 3 rings (SSSR count). The van der Waals surface area contributed by atoms with Crippen LogP contribution in [0.5, 0.6) is 0 Å². The summed E-state index contributed by atoms with van der Waals surface area (Å²) in [6, 6.07) is 0. The SMILES string of the molecule is Cc1nocc1S(=O)(=O)N1CCc2nc(N(C)C)sc2C1. The van der Waals surface area contributed by atoms with E-state index in [2.05, 4.69) is 10.1 Å². The van der Waals surface area contributed by atoms with Gasteiger partial charge in [0, 0.05) is 31.9 Å². The molecule has 0 saturated heterocycles. The molecule has 0 saturated carbocycles. The van der Waals surface area contributed by atoms with Gasteiger partial charge in [-0.25, -0.2) is 13.4 Å². The van der Waals surface area contributed by atoms with Crippen LogP contribution in [0.2, 0.25) is 0 Å². The number of rotatable bonds is 3. The second kappa shape index (κ2) is 5.08. The lowest BCUT2D eigenvalue weighted by Gasteiger charge is -2.24. The maximum absolute atomic E-state index is 12.6. The summed E-state index contributed by atoms with van der Waals surface area (Å²) < 4.78 is 31.5. The molecule has 114 valence electrons. The van der Waals surface area contributed by atoms with Gasteiger partial charge < -0.3 is 9.42 Å². The van der Waals surface area contributed by atoms with Crippen LogP contribution in [0.3, 0.4) is 0 Å². The highest BCUT2D eigenvalue weighted by Crippen LogP contribution is 2.32. The smallest absolute Gasteiger partial charge is 0.248 e. The lowest BCUT2D eigenvalue weighted by atomic mass is 10.2. The summed E-state index contributed by atoms with van der Waals surface area (Å²) in [5.41, 5.74) is 1.39. The number of thiazole rings is 1. The fraction of sp³-hybridized carbons (Fsp3) is 0.500. The highest BCUT2D eigenvalue weighted by Gasteiger charge is 2.32. The van der Waals surface area contributed by atoms with Crippen molar-refractivity contribution in [3.63, 3.8) is 0 Å². The Kier molecular flexibility index (Phi) is 3.50. The van der Waals surface area contributed by atoms with Crippen LogP contribution in [0, 0.1) is 6.92 Å². The monoisotopic (exact) mass is 328 g/mol. The molecule has 0 fully saturated rings. The molecule has 0 N–H and O–H groups in total. The van der Waals surface area contributed by atoms with Crippen LogP contribution in [-0.4, -0.2) is 43.5 Å². The molecule has 3 heterocycles. The van der Waals surface area contributed by atoms with Gasteiger partial charge in [-0.05, 0) is 6.92 Å². The number of hydrogen-bond acceptors (Lipinski definition) is 7. The first-order chi connectivity index (χ1) is 9.89. The largest absolute Gasteiger partial charge is 0.363 e. The van der Waals surface area contributed by atoms with Crippen LogP contribution in [0.25, 0.3) is 0 Å². The summed E-state index contributed by atoms with van der Waals surface area (Å²) in [6.45, 7) is 2.41.